The number of halogens is 4. The molecule has 4 nitrogen and oxygen atoms in total. The van der Waals surface area contributed by atoms with Crippen LogP contribution in [0.4, 0.5) is 13.2 Å². The van der Waals surface area contributed by atoms with Crippen LogP contribution in [0.2, 0.25) is 5.02 Å². The van der Waals surface area contributed by atoms with Crippen molar-refractivity contribution in [2.75, 3.05) is 0 Å². The van der Waals surface area contributed by atoms with Crippen LogP contribution >= 0.6 is 11.6 Å². The molecule has 0 atom stereocenters. The summed E-state index contributed by atoms with van der Waals surface area (Å²) in [5.74, 6) is -0.729. The predicted octanol–water partition coefficient (Wildman–Crippen LogP) is 5.53. The number of nitrogens with one attached hydrogen (secondary N) is 1. The van der Waals surface area contributed by atoms with Gasteiger partial charge in [0.2, 0.25) is 0 Å². The zero-order chi connectivity index (χ0) is 21.2. The van der Waals surface area contributed by atoms with Crippen molar-refractivity contribution < 1.29 is 18.0 Å². The summed E-state index contributed by atoms with van der Waals surface area (Å²) >= 11 is 6.28. The van der Waals surface area contributed by atoms with Gasteiger partial charge in [0.15, 0.2) is 0 Å². The highest BCUT2D eigenvalue weighted by molar-refractivity contribution is 6.32. The Hall–Kier alpha value is -3.06. The molecule has 0 radical (unpaired) electrons. The van der Waals surface area contributed by atoms with Gasteiger partial charge in [0.25, 0.3) is 5.91 Å². The second-order valence-corrected chi connectivity index (χ2v) is 6.80. The zero-order valence-corrected chi connectivity index (χ0v) is 16.3. The number of nitrogens with zero attached hydrogens (tertiary/aromatic N) is 2. The molecule has 1 heterocycles. The van der Waals surface area contributed by atoms with Gasteiger partial charge in [-0.25, -0.2) is 5.43 Å². The average Bonchev–Trinajstić information content (AvgIpc) is 2.95. The SMILES string of the molecule is Cc1cc(/C=N\NC(=O)c2cccc(C(F)(F)F)c2)c(C)n1-c1ccccc1Cl. The second kappa shape index (κ2) is 8.13. The topological polar surface area (TPSA) is 46.4 Å². The molecule has 3 rings (SSSR count). The summed E-state index contributed by atoms with van der Waals surface area (Å²) in [6.45, 7) is 3.79. The molecule has 0 bridgehead atoms. The number of hydrogen-bond acceptors (Lipinski definition) is 2. The molecule has 0 spiro atoms. The predicted molar refractivity (Wildman–Crippen MR) is 107 cm³/mol. The van der Waals surface area contributed by atoms with Crippen molar-refractivity contribution in [1.29, 1.82) is 0 Å². The number of amides is 1. The zero-order valence-electron chi connectivity index (χ0n) is 15.6. The maximum atomic E-state index is 12.8. The molecule has 0 aliphatic carbocycles. The quantitative estimate of drug-likeness (QED) is 0.438. The minimum absolute atomic E-state index is 0.126. The Kier molecular flexibility index (Phi) is 5.79. The highest BCUT2D eigenvalue weighted by Crippen LogP contribution is 2.29. The standard InChI is InChI=1S/C21H17ClF3N3O/c1-13-10-16(14(2)28(13)19-9-4-3-8-18(19)22)12-26-27-20(29)15-6-5-7-17(11-15)21(23,24)25/h3-12H,1-2H3,(H,27,29)/b26-12-. The number of alkyl halides is 3. The van der Waals surface area contributed by atoms with E-state index in [1.54, 1.807) is 6.07 Å². The number of para-hydroxylation sites is 1. The van der Waals surface area contributed by atoms with Crippen LogP contribution in [0.1, 0.15) is 32.9 Å². The highest BCUT2D eigenvalue weighted by atomic mass is 35.5. The van der Waals surface area contributed by atoms with Crippen molar-refractivity contribution in [2.45, 2.75) is 20.0 Å². The number of hydrogen-bond donors (Lipinski definition) is 1. The molecular formula is C21H17ClF3N3O. The number of carbonyl (C=O) groups is 1. The molecule has 0 aliphatic heterocycles. The van der Waals surface area contributed by atoms with E-state index in [1.807, 2.05) is 42.7 Å². The van der Waals surface area contributed by atoms with Crippen LogP contribution in [0.15, 0.2) is 59.7 Å². The molecular weight excluding hydrogens is 403 g/mol. The van der Waals surface area contributed by atoms with Crippen molar-refractivity contribution in [2.24, 2.45) is 5.10 Å². The van der Waals surface area contributed by atoms with Gasteiger partial charge in [0.1, 0.15) is 0 Å². The van der Waals surface area contributed by atoms with E-state index in [9.17, 15) is 18.0 Å². The third-order valence-electron chi connectivity index (χ3n) is 4.39. The monoisotopic (exact) mass is 419 g/mol. The molecule has 8 heteroatoms. The largest absolute Gasteiger partial charge is 0.416 e. The van der Waals surface area contributed by atoms with Crippen LogP contribution in [0.3, 0.4) is 0 Å². The van der Waals surface area contributed by atoms with Gasteiger partial charge in [0, 0.05) is 22.5 Å². The molecule has 3 aromatic rings. The molecule has 0 unspecified atom stereocenters. The summed E-state index contributed by atoms with van der Waals surface area (Å²) in [6, 6.07) is 13.4. The van der Waals surface area contributed by atoms with Gasteiger partial charge in [-0.3, -0.25) is 4.79 Å². The van der Waals surface area contributed by atoms with Crippen molar-refractivity contribution in [3.63, 3.8) is 0 Å². The van der Waals surface area contributed by atoms with Gasteiger partial charge in [-0.2, -0.15) is 18.3 Å². The summed E-state index contributed by atoms with van der Waals surface area (Å²) in [5, 5.41) is 4.48. The minimum atomic E-state index is -4.52. The van der Waals surface area contributed by atoms with E-state index in [2.05, 4.69) is 10.5 Å². The first-order chi connectivity index (χ1) is 13.7. The fraction of sp³-hybridized carbons (Fsp3) is 0.143. The Morgan fingerprint density at radius 3 is 2.52 bits per heavy atom. The molecule has 150 valence electrons. The molecule has 2 aromatic carbocycles. The van der Waals surface area contributed by atoms with Crippen molar-refractivity contribution in [3.05, 3.63) is 87.7 Å². The summed E-state index contributed by atoms with van der Waals surface area (Å²) in [5.41, 5.74) is 4.57. The van der Waals surface area contributed by atoms with E-state index in [1.165, 1.54) is 18.3 Å². The van der Waals surface area contributed by atoms with Crippen LogP contribution in [-0.2, 0) is 6.18 Å². The Morgan fingerprint density at radius 1 is 1.10 bits per heavy atom. The Balaban J connectivity index is 1.79. The lowest BCUT2D eigenvalue weighted by Crippen LogP contribution is -2.18. The fourth-order valence-corrected chi connectivity index (χ4v) is 3.20. The minimum Gasteiger partial charge on any atom is -0.316 e. The van der Waals surface area contributed by atoms with E-state index in [4.69, 9.17) is 11.6 Å². The third-order valence-corrected chi connectivity index (χ3v) is 4.71. The summed E-state index contributed by atoms with van der Waals surface area (Å²) in [7, 11) is 0. The van der Waals surface area contributed by atoms with Crippen molar-refractivity contribution in [1.82, 2.24) is 9.99 Å². The first-order valence-electron chi connectivity index (χ1n) is 8.63. The molecule has 1 aromatic heterocycles. The Morgan fingerprint density at radius 2 is 1.83 bits per heavy atom. The van der Waals surface area contributed by atoms with E-state index in [-0.39, 0.29) is 5.56 Å². The molecule has 0 aliphatic rings. The number of aromatic nitrogens is 1. The third kappa shape index (κ3) is 4.51. The van der Waals surface area contributed by atoms with E-state index >= 15 is 0 Å². The number of benzene rings is 2. The van der Waals surface area contributed by atoms with Crippen LogP contribution in [0.5, 0.6) is 0 Å². The highest BCUT2D eigenvalue weighted by Gasteiger charge is 2.30. The van der Waals surface area contributed by atoms with Gasteiger partial charge in [-0.15, -0.1) is 0 Å². The molecule has 1 amide bonds. The van der Waals surface area contributed by atoms with Gasteiger partial charge in [-0.05, 0) is 50.2 Å². The average molecular weight is 420 g/mol. The first kappa shape index (κ1) is 20.7. The first-order valence-corrected chi connectivity index (χ1v) is 9.01. The van der Waals surface area contributed by atoms with Gasteiger partial charge < -0.3 is 4.57 Å². The maximum Gasteiger partial charge on any atom is 0.416 e. The summed E-state index contributed by atoms with van der Waals surface area (Å²) in [6.07, 6.45) is -3.07. The van der Waals surface area contributed by atoms with Crippen LogP contribution in [0.25, 0.3) is 5.69 Å². The van der Waals surface area contributed by atoms with E-state index < -0.39 is 17.6 Å². The maximum absolute atomic E-state index is 12.8. The van der Waals surface area contributed by atoms with Crippen LogP contribution < -0.4 is 5.43 Å². The molecule has 1 N–H and O–H groups in total. The van der Waals surface area contributed by atoms with E-state index in [0.29, 0.717) is 5.02 Å². The van der Waals surface area contributed by atoms with Crippen LogP contribution in [0, 0.1) is 13.8 Å². The lowest BCUT2D eigenvalue weighted by atomic mass is 10.1. The fourth-order valence-electron chi connectivity index (χ4n) is 2.98. The number of hydrazone groups is 1. The number of aryl methyl sites for hydroxylation is 1. The van der Waals surface area contributed by atoms with Crippen LogP contribution in [-0.4, -0.2) is 16.7 Å². The Bertz CT molecular complexity index is 1090. The van der Waals surface area contributed by atoms with Gasteiger partial charge in [0.05, 0.1) is 22.5 Å². The Labute approximate surface area is 170 Å². The van der Waals surface area contributed by atoms with Gasteiger partial charge in [-0.1, -0.05) is 29.8 Å². The molecule has 0 fully saturated rings. The lowest BCUT2D eigenvalue weighted by Gasteiger charge is -2.11. The number of rotatable bonds is 4. The van der Waals surface area contributed by atoms with Crippen molar-refractivity contribution in [3.8, 4) is 5.69 Å². The van der Waals surface area contributed by atoms with Crippen molar-refractivity contribution >= 4 is 23.7 Å². The smallest absolute Gasteiger partial charge is 0.316 e. The lowest BCUT2D eigenvalue weighted by molar-refractivity contribution is -0.137. The normalized spacial score (nSPS) is 11.8. The number of carbonyl (C=O) groups excluding carboxylic acids is 1. The summed E-state index contributed by atoms with van der Waals surface area (Å²) < 4.78 is 40.3. The molecule has 29 heavy (non-hydrogen) atoms. The second-order valence-electron chi connectivity index (χ2n) is 6.39. The molecule has 0 saturated carbocycles. The molecule has 0 saturated heterocycles. The van der Waals surface area contributed by atoms with E-state index in [0.717, 1.165) is 34.8 Å². The van der Waals surface area contributed by atoms with Gasteiger partial charge >= 0.3 is 6.18 Å². The summed E-state index contributed by atoms with van der Waals surface area (Å²) in [4.78, 5) is 12.1.